The molecule has 1 aromatic rings. The third-order valence-corrected chi connectivity index (χ3v) is 3.22. The first-order valence-corrected chi connectivity index (χ1v) is 5.65. The summed E-state index contributed by atoms with van der Waals surface area (Å²) in [4.78, 5) is 10.1. The molecule has 5 nitrogen and oxygen atoms in total. The molecule has 2 saturated heterocycles. The van der Waals surface area contributed by atoms with Gasteiger partial charge in [0.25, 0.3) is 0 Å². The quantitative estimate of drug-likeness (QED) is 0.737. The van der Waals surface area contributed by atoms with E-state index in [2.05, 4.69) is 14.9 Å². The summed E-state index contributed by atoms with van der Waals surface area (Å²) in [6, 6.07) is 0. The average molecular weight is 242 g/mol. The predicted molar refractivity (Wildman–Crippen MR) is 58.5 cm³/mol. The first-order chi connectivity index (χ1) is 7.79. The number of hydrogen-bond donors (Lipinski definition) is 0. The van der Waals surface area contributed by atoms with E-state index in [-0.39, 0.29) is 0 Å². The second kappa shape index (κ2) is 3.84. The zero-order valence-corrected chi connectivity index (χ0v) is 9.48. The molecule has 2 aliphatic rings. The van der Waals surface area contributed by atoms with Crippen LogP contribution in [0.15, 0.2) is 12.5 Å². The van der Waals surface area contributed by atoms with Crippen molar-refractivity contribution in [1.29, 1.82) is 0 Å². The van der Waals surface area contributed by atoms with Crippen molar-refractivity contribution in [3.05, 3.63) is 17.5 Å². The lowest BCUT2D eigenvalue weighted by atomic mass is 10.2. The van der Waals surface area contributed by atoms with E-state index >= 15 is 0 Å². The molecule has 0 amide bonds. The number of nitrogens with zero attached hydrogens (tertiary/aromatic N) is 3. The third-order valence-electron chi connectivity index (χ3n) is 2.96. The number of ether oxygens (including phenoxy) is 2. The Labute approximate surface area is 98.3 Å². The smallest absolute Gasteiger partial charge is 0.187 e. The van der Waals surface area contributed by atoms with Crippen molar-refractivity contribution in [3.8, 4) is 0 Å². The SMILES string of the molecule is Clc1cncnc1N1CCC2(C1)OCCO2. The summed E-state index contributed by atoms with van der Waals surface area (Å²) in [6.07, 6.45) is 3.96. The molecule has 0 aliphatic carbocycles. The van der Waals surface area contributed by atoms with Gasteiger partial charge in [-0.1, -0.05) is 11.6 Å². The van der Waals surface area contributed by atoms with Crippen LogP contribution in [0.1, 0.15) is 6.42 Å². The monoisotopic (exact) mass is 241 g/mol. The van der Waals surface area contributed by atoms with Crippen molar-refractivity contribution in [2.75, 3.05) is 31.2 Å². The molecule has 0 saturated carbocycles. The van der Waals surface area contributed by atoms with E-state index < -0.39 is 5.79 Å². The van der Waals surface area contributed by atoms with Gasteiger partial charge in [-0.25, -0.2) is 9.97 Å². The standard InChI is InChI=1S/C10H12ClN3O2/c11-8-5-12-7-13-9(8)14-2-1-10(6-14)15-3-4-16-10/h5,7H,1-4,6H2. The van der Waals surface area contributed by atoms with Gasteiger partial charge in [-0.15, -0.1) is 0 Å². The third kappa shape index (κ3) is 1.65. The van der Waals surface area contributed by atoms with Gasteiger partial charge in [0.1, 0.15) is 11.3 Å². The van der Waals surface area contributed by atoms with Crippen molar-refractivity contribution in [1.82, 2.24) is 9.97 Å². The Kier molecular flexibility index (Phi) is 2.46. The zero-order valence-electron chi connectivity index (χ0n) is 8.73. The minimum absolute atomic E-state index is 0.436. The first kappa shape index (κ1) is 10.3. The van der Waals surface area contributed by atoms with Gasteiger partial charge in [-0.2, -0.15) is 0 Å². The highest BCUT2D eigenvalue weighted by molar-refractivity contribution is 6.32. The Morgan fingerprint density at radius 2 is 2.19 bits per heavy atom. The van der Waals surface area contributed by atoms with Crippen LogP contribution in [0.25, 0.3) is 0 Å². The van der Waals surface area contributed by atoms with Gasteiger partial charge >= 0.3 is 0 Å². The lowest BCUT2D eigenvalue weighted by molar-refractivity contribution is -0.137. The summed E-state index contributed by atoms with van der Waals surface area (Å²) in [6.45, 7) is 2.87. The lowest BCUT2D eigenvalue weighted by Crippen LogP contribution is -2.34. The van der Waals surface area contributed by atoms with Gasteiger partial charge in [-0.05, 0) is 0 Å². The normalized spacial score (nSPS) is 23.2. The summed E-state index contributed by atoms with van der Waals surface area (Å²) < 4.78 is 11.3. The lowest BCUT2D eigenvalue weighted by Gasteiger charge is -2.23. The first-order valence-electron chi connectivity index (χ1n) is 5.27. The topological polar surface area (TPSA) is 47.5 Å². The minimum Gasteiger partial charge on any atom is -0.350 e. The van der Waals surface area contributed by atoms with Crippen molar-refractivity contribution >= 4 is 17.4 Å². The van der Waals surface area contributed by atoms with Crippen LogP contribution in [0.5, 0.6) is 0 Å². The van der Waals surface area contributed by atoms with Crippen molar-refractivity contribution in [2.45, 2.75) is 12.2 Å². The van der Waals surface area contributed by atoms with E-state index in [1.54, 1.807) is 6.20 Å². The van der Waals surface area contributed by atoms with Crippen LogP contribution in [0.4, 0.5) is 5.82 Å². The van der Waals surface area contributed by atoms with Crippen LogP contribution in [-0.2, 0) is 9.47 Å². The summed E-state index contributed by atoms with van der Waals surface area (Å²) in [5.41, 5.74) is 0. The van der Waals surface area contributed by atoms with Crippen molar-refractivity contribution < 1.29 is 9.47 Å². The summed E-state index contributed by atoms with van der Waals surface area (Å²) >= 11 is 6.05. The highest BCUT2D eigenvalue weighted by atomic mass is 35.5. The fourth-order valence-corrected chi connectivity index (χ4v) is 2.43. The van der Waals surface area contributed by atoms with Crippen molar-refractivity contribution in [3.63, 3.8) is 0 Å². The maximum Gasteiger partial charge on any atom is 0.187 e. The molecule has 0 aromatic carbocycles. The second-order valence-corrected chi connectivity index (χ2v) is 4.38. The van der Waals surface area contributed by atoms with Crippen molar-refractivity contribution in [2.24, 2.45) is 0 Å². The molecule has 16 heavy (non-hydrogen) atoms. The number of halogens is 1. The van der Waals surface area contributed by atoms with Gasteiger partial charge < -0.3 is 14.4 Å². The van der Waals surface area contributed by atoms with Crippen LogP contribution in [0, 0.1) is 0 Å². The Morgan fingerprint density at radius 1 is 1.38 bits per heavy atom. The molecular formula is C10H12ClN3O2. The molecule has 1 aromatic heterocycles. The van der Waals surface area contributed by atoms with Gasteiger partial charge in [0.05, 0.1) is 26.0 Å². The summed E-state index contributed by atoms with van der Waals surface area (Å²) in [5.74, 6) is 0.321. The summed E-state index contributed by atoms with van der Waals surface area (Å²) in [5, 5.41) is 0.567. The fraction of sp³-hybridized carbons (Fsp3) is 0.600. The average Bonchev–Trinajstić information content (AvgIpc) is 2.91. The Balaban J connectivity index is 1.81. The molecule has 3 rings (SSSR count). The van der Waals surface area contributed by atoms with E-state index in [4.69, 9.17) is 21.1 Å². The van der Waals surface area contributed by atoms with E-state index in [0.717, 1.165) is 18.8 Å². The largest absolute Gasteiger partial charge is 0.350 e. The van der Waals surface area contributed by atoms with Gasteiger partial charge in [0.15, 0.2) is 11.6 Å². The van der Waals surface area contributed by atoms with Gasteiger partial charge in [0, 0.05) is 13.0 Å². The van der Waals surface area contributed by atoms with Crippen LogP contribution in [0.2, 0.25) is 5.02 Å². The number of hydrogen-bond acceptors (Lipinski definition) is 5. The molecule has 86 valence electrons. The van der Waals surface area contributed by atoms with E-state index in [1.165, 1.54) is 6.33 Å². The van der Waals surface area contributed by atoms with Crippen LogP contribution >= 0.6 is 11.6 Å². The van der Waals surface area contributed by atoms with E-state index in [1.807, 2.05) is 0 Å². The minimum atomic E-state index is -0.436. The maximum absolute atomic E-state index is 6.05. The van der Waals surface area contributed by atoms with Gasteiger partial charge in [-0.3, -0.25) is 0 Å². The second-order valence-electron chi connectivity index (χ2n) is 3.97. The fourth-order valence-electron chi connectivity index (χ4n) is 2.21. The molecule has 3 heterocycles. The molecule has 6 heteroatoms. The number of aromatic nitrogens is 2. The highest BCUT2D eigenvalue weighted by Gasteiger charge is 2.44. The van der Waals surface area contributed by atoms with Crippen LogP contribution in [0.3, 0.4) is 0 Å². The Morgan fingerprint density at radius 3 is 2.94 bits per heavy atom. The zero-order chi connectivity index (χ0) is 11.0. The summed E-state index contributed by atoms with van der Waals surface area (Å²) in [7, 11) is 0. The molecule has 0 N–H and O–H groups in total. The molecule has 2 aliphatic heterocycles. The molecule has 0 bridgehead atoms. The Hall–Kier alpha value is -0.910. The number of rotatable bonds is 1. The highest BCUT2D eigenvalue weighted by Crippen LogP contribution is 2.34. The van der Waals surface area contributed by atoms with E-state index in [0.29, 0.717) is 24.8 Å². The molecular weight excluding hydrogens is 230 g/mol. The molecule has 0 unspecified atom stereocenters. The molecule has 2 fully saturated rings. The van der Waals surface area contributed by atoms with Crippen LogP contribution in [-0.4, -0.2) is 42.1 Å². The molecule has 0 radical (unpaired) electrons. The number of anilines is 1. The predicted octanol–water partition coefficient (Wildman–Crippen LogP) is 1.08. The maximum atomic E-state index is 6.05. The van der Waals surface area contributed by atoms with Crippen LogP contribution < -0.4 is 4.90 Å². The van der Waals surface area contributed by atoms with E-state index in [9.17, 15) is 0 Å². The Bertz CT molecular complexity index is 395. The van der Waals surface area contributed by atoms with Gasteiger partial charge in [0.2, 0.25) is 0 Å². The molecule has 0 atom stereocenters. The molecule has 1 spiro atoms.